The predicted octanol–water partition coefficient (Wildman–Crippen LogP) is 1.29. The maximum Gasteiger partial charge on any atom is 0.237 e. The molecule has 0 saturated carbocycles. The Labute approximate surface area is 98.9 Å². The van der Waals surface area contributed by atoms with Gasteiger partial charge in [0.05, 0.1) is 6.04 Å². The second kappa shape index (κ2) is 9.60. The van der Waals surface area contributed by atoms with Crippen LogP contribution in [0.1, 0.15) is 39.5 Å². The Hall–Kier alpha value is -0.610. The van der Waals surface area contributed by atoms with Crippen molar-refractivity contribution in [1.29, 1.82) is 0 Å². The normalized spacial score (nSPS) is 14.5. The lowest BCUT2D eigenvalue weighted by Crippen LogP contribution is -2.44. The molecule has 4 nitrogen and oxygen atoms in total. The number of amides is 1. The van der Waals surface area contributed by atoms with Gasteiger partial charge in [0, 0.05) is 20.3 Å². The first-order valence-electron chi connectivity index (χ1n) is 6.15. The molecule has 4 heteroatoms. The van der Waals surface area contributed by atoms with Crippen molar-refractivity contribution in [3.8, 4) is 0 Å². The van der Waals surface area contributed by atoms with Gasteiger partial charge in [-0.3, -0.25) is 4.79 Å². The van der Waals surface area contributed by atoms with Gasteiger partial charge in [-0.15, -0.1) is 0 Å². The summed E-state index contributed by atoms with van der Waals surface area (Å²) in [5, 5.41) is 2.87. The van der Waals surface area contributed by atoms with E-state index in [1.54, 1.807) is 7.11 Å². The van der Waals surface area contributed by atoms with Gasteiger partial charge in [0.2, 0.25) is 5.91 Å². The summed E-state index contributed by atoms with van der Waals surface area (Å²) in [5.41, 5.74) is 5.80. The molecule has 0 radical (unpaired) electrons. The number of unbranched alkanes of at least 4 members (excludes halogenated alkanes) is 2. The monoisotopic (exact) mass is 230 g/mol. The fourth-order valence-corrected chi connectivity index (χ4v) is 1.39. The van der Waals surface area contributed by atoms with Gasteiger partial charge in [-0.1, -0.05) is 20.3 Å². The van der Waals surface area contributed by atoms with Gasteiger partial charge < -0.3 is 15.8 Å². The van der Waals surface area contributed by atoms with E-state index < -0.39 is 0 Å². The van der Waals surface area contributed by atoms with Crippen LogP contribution in [0.2, 0.25) is 0 Å². The molecule has 0 rings (SSSR count). The average Bonchev–Trinajstić information content (AvgIpc) is 2.31. The molecule has 0 aromatic carbocycles. The maximum atomic E-state index is 11.6. The highest BCUT2D eigenvalue weighted by atomic mass is 16.5. The quantitative estimate of drug-likeness (QED) is 0.587. The van der Waals surface area contributed by atoms with Crippen LogP contribution in [0.3, 0.4) is 0 Å². The Morgan fingerprint density at radius 3 is 2.62 bits per heavy atom. The average molecular weight is 230 g/mol. The fourth-order valence-electron chi connectivity index (χ4n) is 1.39. The van der Waals surface area contributed by atoms with Crippen LogP contribution in [0, 0.1) is 5.92 Å². The first-order valence-corrected chi connectivity index (χ1v) is 6.15. The van der Waals surface area contributed by atoms with Gasteiger partial charge in [0.1, 0.15) is 0 Å². The molecule has 2 atom stereocenters. The molecular formula is C12H26N2O2. The van der Waals surface area contributed by atoms with E-state index in [0.29, 0.717) is 6.54 Å². The minimum absolute atomic E-state index is 0.0268. The topological polar surface area (TPSA) is 64.4 Å². The summed E-state index contributed by atoms with van der Waals surface area (Å²) in [6.07, 6.45) is 4.04. The van der Waals surface area contributed by atoms with E-state index in [-0.39, 0.29) is 17.9 Å². The number of ether oxygens (including phenoxy) is 1. The van der Waals surface area contributed by atoms with Crippen LogP contribution in [0.25, 0.3) is 0 Å². The van der Waals surface area contributed by atoms with Crippen LogP contribution in [0.5, 0.6) is 0 Å². The van der Waals surface area contributed by atoms with Crippen molar-refractivity contribution in [1.82, 2.24) is 5.32 Å². The molecule has 0 fully saturated rings. The van der Waals surface area contributed by atoms with E-state index in [9.17, 15) is 4.79 Å². The van der Waals surface area contributed by atoms with Gasteiger partial charge in [0.15, 0.2) is 0 Å². The molecular weight excluding hydrogens is 204 g/mol. The van der Waals surface area contributed by atoms with E-state index >= 15 is 0 Å². The molecule has 0 aromatic heterocycles. The Balaban J connectivity index is 3.50. The van der Waals surface area contributed by atoms with Crippen molar-refractivity contribution in [2.24, 2.45) is 11.7 Å². The van der Waals surface area contributed by atoms with E-state index in [1.807, 2.05) is 13.8 Å². The maximum absolute atomic E-state index is 11.6. The number of carbonyl (C=O) groups is 1. The standard InChI is InChI=1S/C12H26N2O2/c1-4-10(2)11(13)12(15)14-8-6-5-7-9-16-3/h10-11H,4-9,13H2,1-3H3,(H,14,15)/t10-,11-/m0/s1. The van der Waals surface area contributed by atoms with E-state index in [1.165, 1.54) is 0 Å². The SMILES string of the molecule is CC[C@H](C)[C@H](N)C(=O)NCCCCCOC. The third kappa shape index (κ3) is 6.80. The molecule has 3 N–H and O–H groups in total. The molecule has 16 heavy (non-hydrogen) atoms. The highest BCUT2D eigenvalue weighted by Crippen LogP contribution is 2.05. The molecule has 0 bridgehead atoms. The Kier molecular flexibility index (Phi) is 9.24. The molecule has 0 aliphatic rings. The number of methoxy groups -OCH3 is 1. The summed E-state index contributed by atoms with van der Waals surface area (Å²) in [7, 11) is 1.70. The highest BCUT2D eigenvalue weighted by molar-refractivity contribution is 5.81. The molecule has 0 aliphatic carbocycles. The van der Waals surface area contributed by atoms with E-state index in [2.05, 4.69) is 5.32 Å². The molecule has 0 saturated heterocycles. The van der Waals surface area contributed by atoms with E-state index in [4.69, 9.17) is 10.5 Å². The van der Waals surface area contributed by atoms with Crippen LogP contribution in [-0.2, 0) is 9.53 Å². The minimum atomic E-state index is -0.371. The fraction of sp³-hybridized carbons (Fsp3) is 0.917. The zero-order valence-electron chi connectivity index (χ0n) is 10.8. The van der Waals surface area contributed by atoms with Crippen LogP contribution in [0.15, 0.2) is 0 Å². The van der Waals surface area contributed by atoms with Crippen LogP contribution >= 0.6 is 0 Å². The number of hydrogen-bond donors (Lipinski definition) is 2. The van der Waals surface area contributed by atoms with Crippen molar-refractivity contribution in [2.75, 3.05) is 20.3 Å². The number of hydrogen-bond acceptors (Lipinski definition) is 3. The summed E-state index contributed by atoms with van der Waals surface area (Å²) >= 11 is 0. The highest BCUT2D eigenvalue weighted by Gasteiger charge is 2.18. The van der Waals surface area contributed by atoms with Gasteiger partial charge >= 0.3 is 0 Å². The van der Waals surface area contributed by atoms with Crippen LogP contribution in [0.4, 0.5) is 0 Å². The van der Waals surface area contributed by atoms with Crippen molar-refractivity contribution >= 4 is 5.91 Å². The molecule has 0 spiro atoms. The lowest BCUT2D eigenvalue weighted by Gasteiger charge is -2.17. The summed E-state index contributed by atoms with van der Waals surface area (Å²) < 4.78 is 4.95. The van der Waals surface area contributed by atoms with Gasteiger partial charge in [-0.05, 0) is 25.2 Å². The van der Waals surface area contributed by atoms with Gasteiger partial charge in [-0.2, -0.15) is 0 Å². The van der Waals surface area contributed by atoms with Crippen LogP contribution < -0.4 is 11.1 Å². The van der Waals surface area contributed by atoms with Crippen molar-refractivity contribution in [2.45, 2.75) is 45.6 Å². The summed E-state index contributed by atoms with van der Waals surface area (Å²) in [4.78, 5) is 11.6. The Morgan fingerprint density at radius 2 is 2.06 bits per heavy atom. The summed E-state index contributed by atoms with van der Waals surface area (Å²) in [6, 6.07) is -0.371. The van der Waals surface area contributed by atoms with Crippen LogP contribution in [-0.4, -0.2) is 32.2 Å². The zero-order chi connectivity index (χ0) is 12.4. The summed E-state index contributed by atoms with van der Waals surface area (Å²) in [5.74, 6) is 0.217. The van der Waals surface area contributed by atoms with Gasteiger partial charge in [0.25, 0.3) is 0 Å². The zero-order valence-corrected chi connectivity index (χ0v) is 10.8. The largest absolute Gasteiger partial charge is 0.385 e. The van der Waals surface area contributed by atoms with Crippen molar-refractivity contribution in [3.63, 3.8) is 0 Å². The molecule has 0 aliphatic heterocycles. The molecule has 96 valence electrons. The minimum Gasteiger partial charge on any atom is -0.385 e. The van der Waals surface area contributed by atoms with Crippen molar-refractivity contribution < 1.29 is 9.53 Å². The number of nitrogens with two attached hydrogens (primary N) is 1. The Morgan fingerprint density at radius 1 is 1.38 bits per heavy atom. The number of rotatable bonds is 9. The van der Waals surface area contributed by atoms with Gasteiger partial charge in [-0.25, -0.2) is 0 Å². The molecule has 0 unspecified atom stereocenters. The van der Waals surface area contributed by atoms with Crippen molar-refractivity contribution in [3.05, 3.63) is 0 Å². The smallest absolute Gasteiger partial charge is 0.237 e. The first kappa shape index (κ1) is 15.4. The summed E-state index contributed by atoms with van der Waals surface area (Å²) in [6.45, 7) is 5.55. The number of carbonyl (C=O) groups excluding carboxylic acids is 1. The predicted molar refractivity (Wildman–Crippen MR) is 66.2 cm³/mol. The number of nitrogens with one attached hydrogen (secondary N) is 1. The second-order valence-electron chi connectivity index (χ2n) is 4.26. The molecule has 0 aromatic rings. The lowest BCUT2D eigenvalue weighted by molar-refractivity contribution is -0.123. The third-order valence-electron chi connectivity index (χ3n) is 2.88. The Bertz CT molecular complexity index is 186. The lowest BCUT2D eigenvalue weighted by atomic mass is 9.99. The molecule has 1 amide bonds. The second-order valence-corrected chi connectivity index (χ2v) is 4.26. The van der Waals surface area contributed by atoms with E-state index in [0.717, 1.165) is 32.3 Å². The first-order chi connectivity index (χ1) is 7.63. The molecule has 0 heterocycles. The third-order valence-corrected chi connectivity index (χ3v) is 2.88.